The highest BCUT2D eigenvalue weighted by Gasteiger charge is 2.30. The quantitative estimate of drug-likeness (QED) is 0.819. The highest BCUT2D eigenvalue weighted by molar-refractivity contribution is 5.27. The molecule has 0 aromatic heterocycles. The summed E-state index contributed by atoms with van der Waals surface area (Å²) >= 11 is 0. The zero-order valence-electron chi connectivity index (χ0n) is 12.4. The number of hydrogen-bond acceptors (Lipinski definition) is 1. The van der Waals surface area contributed by atoms with Gasteiger partial charge in [-0.1, -0.05) is 19.9 Å². The van der Waals surface area contributed by atoms with E-state index in [1.165, 1.54) is 24.0 Å². The Morgan fingerprint density at radius 2 is 2.00 bits per heavy atom. The van der Waals surface area contributed by atoms with Gasteiger partial charge in [-0.3, -0.25) is 0 Å². The molecule has 1 aliphatic rings. The monoisotopic (exact) mass is 263 g/mol. The Labute approximate surface area is 116 Å². The smallest absolute Gasteiger partial charge is 0.123 e. The topological polar surface area (TPSA) is 12.0 Å². The Bertz CT molecular complexity index is 414. The van der Waals surface area contributed by atoms with Crippen molar-refractivity contribution in [3.05, 3.63) is 35.1 Å². The van der Waals surface area contributed by atoms with E-state index in [0.29, 0.717) is 5.92 Å². The van der Waals surface area contributed by atoms with Crippen molar-refractivity contribution in [2.45, 2.75) is 40.0 Å². The van der Waals surface area contributed by atoms with Crippen molar-refractivity contribution in [3.8, 4) is 0 Å². The Balaban J connectivity index is 1.84. The average molecular weight is 263 g/mol. The Kier molecular flexibility index (Phi) is 4.98. The molecule has 0 amide bonds. The highest BCUT2D eigenvalue weighted by Crippen LogP contribution is 2.36. The molecule has 19 heavy (non-hydrogen) atoms. The van der Waals surface area contributed by atoms with Crippen LogP contribution >= 0.6 is 0 Å². The van der Waals surface area contributed by atoms with Gasteiger partial charge in [0.1, 0.15) is 5.82 Å². The van der Waals surface area contributed by atoms with Crippen LogP contribution in [0.3, 0.4) is 0 Å². The van der Waals surface area contributed by atoms with Crippen molar-refractivity contribution in [1.82, 2.24) is 5.32 Å². The first-order chi connectivity index (χ1) is 9.06. The van der Waals surface area contributed by atoms with Crippen molar-refractivity contribution >= 4 is 0 Å². The molecule has 1 aromatic carbocycles. The van der Waals surface area contributed by atoms with Gasteiger partial charge < -0.3 is 5.32 Å². The summed E-state index contributed by atoms with van der Waals surface area (Å²) in [4.78, 5) is 0. The second kappa shape index (κ2) is 6.51. The highest BCUT2D eigenvalue weighted by atomic mass is 19.1. The van der Waals surface area contributed by atoms with Gasteiger partial charge in [0.2, 0.25) is 0 Å². The molecular formula is C17H26FN. The summed E-state index contributed by atoms with van der Waals surface area (Å²) in [7, 11) is 0. The molecule has 106 valence electrons. The maximum absolute atomic E-state index is 13.3. The Morgan fingerprint density at radius 1 is 1.26 bits per heavy atom. The number of halogens is 1. The molecule has 0 bridgehead atoms. The third-order valence-corrected chi connectivity index (χ3v) is 4.33. The predicted molar refractivity (Wildman–Crippen MR) is 78.8 cm³/mol. The fourth-order valence-electron chi connectivity index (χ4n) is 2.88. The van der Waals surface area contributed by atoms with Crippen LogP contribution in [0.5, 0.6) is 0 Å². The second-order valence-corrected chi connectivity index (χ2v) is 6.42. The van der Waals surface area contributed by atoms with E-state index in [4.69, 9.17) is 0 Å². The molecule has 0 aliphatic heterocycles. The van der Waals surface area contributed by atoms with Crippen molar-refractivity contribution in [1.29, 1.82) is 0 Å². The lowest BCUT2D eigenvalue weighted by Crippen LogP contribution is -2.37. The molecule has 2 rings (SSSR count). The van der Waals surface area contributed by atoms with Gasteiger partial charge in [-0.2, -0.15) is 0 Å². The first-order valence-electron chi connectivity index (χ1n) is 7.52. The molecule has 2 unspecified atom stereocenters. The zero-order valence-corrected chi connectivity index (χ0v) is 12.4. The lowest BCUT2D eigenvalue weighted by molar-refractivity contribution is 0.169. The van der Waals surface area contributed by atoms with Crippen LogP contribution in [0.4, 0.5) is 4.39 Å². The van der Waals surface area contributed by atoms with E-state index in [-0.39, 0.29) is 5.82 Å². The summed E-state index contributed by atoms with van der Waals surface area (Å²) in [6.45, 7) is 8.78. The van der Waals surface area contributed by atoms with Gasteiger partial charge in [0.05, 0.1) is 0 Å². The molecular weight excluding hydrogens is 237 g/mol. The maximum atomic E-state index is 13.3. The van der Waals surface area contributed by atoms with Gasteiger partial charge in [-0.15, -0.1) is 0 Å². The standard InChI is InChI=1S/C17H26FN/c1-12(2)10-19-11-15-6-5-14(15)8-16-9-17(18)7-4-13(16)3/h4,7,9,12,14-15,19H,5-6,8,10-11H2,1-3H3. The average Bonchev–Trinajstić information content (AvgIpc) is 2.34. The molecule has 0 radical (unpaired) electrons. The minimum absolute atomic E-state index is 0.102. The third-order valence-electron chi connectivity index (χ3n) is 4.33. The molecule has 0 spiro atoms. The number of nitrogens with one attached hydrogen (secondary N) is 1. The first-order valence-corrected chi connectivity index (χ1v) is 7.52. The van der Waals surface area contributed by atoms with Crippen molar-refractivity contribution in [3.63, 3.8) is 0 Å². The minimum Gasteiger partial charge on any atom is -0.316 e. The van der Waals surface area contributed by atoms with Crippen LogP contribution < -0.4 is 5.32 Å². The van der Waals surface area contributed by atoms with Crippen LogP contribution in [-0.2, 0) is 6.42 Å². The van der Waals surface area contributed by atoms with Crippen molar-refractivity contribution in [2.75, 3.05) is 13.1 Å². The molecule has 1 fully saturated rings. The van der Waals surface area contributed by atoms with Crippen LogP contribution in [0.25, 0.3) is 0 Å². The lowest BCUT2D eigenvalue weighted by Gasteiger charge is -2.37. The van der Waals surface area contributed by atoms with Crippen LogP contribution in [0.1, 0.15) is 37.8 Å². The van der Waals surface area contributed by atoms with E-state index < -0.39 is 0 Å². The van der Waals surface area contributed by atoms with Crippen LogP contribution in [0.15, 0.2) is 18.2 Å². The zero-order chi connectivity index (χ0) is 13.8. The first kappa shape index (κ1) is 14.5. The summed E-state index contributed by atoms with van der Waals surface area (Å²) in [5.74, 6) is 2.12. The Morgan fingerprint density at radius 3 is 2.63 bits per heavy atom. The van der Waals surface area contributed by atoms with Gasteiger partial charge in [-0.05, 0) is 80.3 Å². The van der Waals surface area contributed by atoms with E-state index in [0.717, 1.165) is 31.3 Å². The van der Waals surface area contributed by atoms with E-state index in [1.807, 2.05) is 6.07 Å². The van der Waals surface area contributed by atoms with Crippen LogP contribution in [0.2, 0.25) is 0 Å². The van der Waals surface area contributed by atoms with E-state index in [9.17, 15) is 4.39 Å². The number of aryl methyl sites for hydroxylation is 1. The third kappa shape index (κ3) is 4.04. The fourth-order valence-corrected chi connectivity index (χ4v) is 2.88. The molecule has 1 aliphatic carbocycles. The normalized spacial score (nSPS) is 22.6. The molecule has 2 heteroatoms. The number of hydrogen-bond donors (Lipinski definition) is 1. The van der Waals surface area contributed by atoms with Gasteiger partial charge in [0.15, 0.2) is 0 Å². The molecule has 1 N–H and O–H groups in total. The summed E-state index contributed by atoms with van der Waals surface area (Å²) in [5.41, 5.74) is 2.42. The van der Waals surface area contributed by atoms with E-state index >= 15 is 0 Å². The summed E-state index contributed by atoms with van der Waals surface area (Å²) in [6, 6.07) is 5.17. The molecule has 1 saturated carbocycles. The van der Waals surface area contributed by atoms with Crippen LogP contribution in [-0.4, -0.2) is 13.1 Å². The fraction of sp³-hybridized carbons (Fsp3) is 0.647. The maximum Gasteiger partial charge on any atom is 0.123 e. The molecule has 1 nitrogen and oxygen atoms in total. The molecule has 1 aromatic rings. The molecule has 0 heterocycles. The van der Waals surface area contributed by atoms with Crippen LogP contribution in [0, 0.1) is 30.5 Å². The van der Waals surface area contributed by atoms with Crippen molar-refractivity contribution in [2.24, 2.45) is 17.8 Å². The lowest BCUT2D eigenvalue weighted by atomic mass is 9.70. The number of rotatable bonds is 6. The second-order valence-electron chi connectivity index (χ2n) is 6.42. The van der Waals surface area contributed by atoms with E-state index in [2.05, 4.69) is 26.1 Å². The van der Waals surface area contributed by atoms with Gasteiger partial charge in [0.25, 0.3) is 0 Å². The largest absolute Gasteiger partial charge is 0.316 e. The van der Waals surface area contributed by atoms with E-state index in [1.54, 1.807) is 12.1 Å². The minimum atomic E-state index is -0.102. The molecule has 2 atom stereocenters. The van der Waals surface area contributed by atoms with Crippen molar-refractivity contribution < 1.29 is 4.39 Å². The SMILES string of the molecule is Cc1ccc(F)cc1CC1CCC1CNCC(C)C. The predicted octanol–water partition coefficient (Wildman–Crippen LogP) is 3.95. The summed E-state index contributed by atoms with van der Waals surface area (Å²) in [5, 5.41) is 3.55. The van der Waals surface area contributed by atoms with Gasteiger partial charge in [-0.25, -0.2) is 4.39 Å². The van der Waals surface area contributed by atoms with Gasteiger partial charge >= 0.3 is 0 Å². The summed E-state index contributed by atoms with van der Waals surface area (Å²) in [6.07, 6.45) is 3.66. The number of benzene rings is 1. The summed E-state index contributed by atoms with van der Waals surface area (Å²) < 4.78 is 13.3. The molecule has 0 saturated heterocycles. The Hall–Kier alpha value is -0.890. The van der Waals surface area contributed by atoms with Gasteiger partial charge in [0, 0.05) is 0 Å².